The molecule has 6 nitrogen and oxygen atoms in total. The van der Waals surface area contributed by atoms with E-state index in [1.807, 2.05) is 0 Å². The zero-order chi connectivity index (χ0) is 52.2. The van der Waals surface area contributed by atoms with Gasteiger partial charge in [0.2, 0.25) is 5.91 Å². The third kappa shape index (κ3) is 57.9. The maximum atomic E-state index is 12.5. The van der Waals surface area contributed by atoms with Crippen LogP contribution in [0.1, 0.15) is 373 Å². The number of amides is 1. The topological polar surface area (TPSA) is 95.9 Å². The molecule has 0 heterocycles. The van der Waals surface area contributed by atoms with Crippen LogP contribution in [0.3, 0.4) is 0 Å². The van der Waals surface area contributed by atoms with Gasteiger partial charge in [-0.2, -0.15) is 0 Å². The van der Waals surface area contributed by atoms with Gasteiger partial charge in [0.1, 0.15) is 0 Å². The first-order valence-electron chi connectivity index (χ1n) is 32.9. The number of hydrogen-bond donors (Lipinski definition) is 3. The average Bonchev–Trinajstić information content (AvgIpc) is 3.38. The van der Waals surface area contributed by atoms with E-state index < -0.39 is 12.1 Å². The fourth-order valence-corrected chi connectivity index (χ4v) is 10.5. The summed E-state index contributed by atoms with van der Waals surface area (Å²) in [5.74, 6) is -0.0489. The second-order valence-corrected chi connectivity index (χ2v) is 22.8. The van der Waals surface area contributed by atoms with Crippen molar-refractivity contribution in [3.63, 3.8) is 0 Å². The first-order valence-corrected chi connectivity index (χ1v) is 32.9. The van der Waals surface area contributed by atoms with Gasteiger partial charge in [0.05, 0.1) is 25.4 Å². The van der Waals surface area contributed by atoms with Crippen LogP contribution in [0.25, 0.3) is 0 Å². The molecule has 0 radical (unpaired) electrons. The van der Waals surface area contributed by atoms with Crippen LogP contribution in [0, 0.1) is 0 Å². The minimum absolute atomic E-state index is 0.00798. The summed E-state index contributed by atoms with van der Waals surface area (Å²) in [6.07, 6.45) is 75.1. The molecule has 1 amide bonds. The lowest BCUT2D eigenvalue weighted by Gasteiger charge is -2.22. The number of carbonyl (C=O) groups excluding carboxylic acids is 2. The average molecular weight is 1020 g/mol. The third-order valence-electron chi connectivity index (χ3n) is 15.6. The summed E-state index contributed by atoms with van der Waals surface area (Å²) >= 11 is 0. The van der Waals surface area contributed by atoms with E-state index in [0.29, 0.717) is 25.9 Å². The molecule has 6 heteroatoms. The lowest BCUT2D eigenvalue weighted by atomic mass is 10.0. The SMILES string of the molecule is CCCCCCCCC/C=C\CCCCCCCC(=O)OCCCCCCCCCCCCCCCCC(=O)NC(CO)C(O)CCCCCCCCCCCCCCCCCCCCCCCCCCC. The highest BCUT2D eigenvalue weighted by Gasteiger charge is 2.20. The molecule has 0 fully saturated rings. The Labute approximate surface area is 450 Å². The molecule has 428 valence electrons. The van der Waals surface area contributed by atoms with Crippen LogP contribution in [-0.4, -0.2) is 47.4 Å². The van der Waals surface area contributed by atoms with Crippen LogP contribution in [0.15, 0.2) is 12.2 Å². The number of nitrogens with one attached hydrogen (secondary N) is 1. The predicted molar refractivity (Wildman–Crippen MR) is 315 cm³/mol. The molecule has 0 aromatic carbocycles. The van der Waals surface area contributed by atoms with Gasteiger partial charge in [0.25, 0.3) is 0 Å². The molecule has 0 spiro atoms. The largest absolute Gasteiger partial charge is 0.466 e. The van der Waals surface area contributed by atoms with Gasteiger partial charge in [0, 0.05) is 12.8 Å². The standard InChI is InChI=1S/C66H129NO5/c1-3-5-7-9-11-13-15-17-19-21-22-23-24-25-26-27-28-29-30-34-38-42-46-50-54-58-64(69)63(62-68)67-65(70)59-55-51-47-43-39-35-32-33-37-41-45-49-53-57-61-72-66(71)60-56-52-48-44-40-36-31-20-18-16-14-12-10-8-6-4-2/h20,31,63-64,68-69H,3-19,21-30,32-62H2,1-2H3,(H,67,70)/b31-20-. The molecule has 0 saturated heterocycles. The molecule has 0 aliphatic rings. The molecule has 3 N–H and O–H groups in total. The number of allylic oxidation sites excluding steroid dienone is 2. The van der Waals surface area contributed by atoms with Crippen molar-refractivity contribution in [3.8, 4) is 0 Å². The minimum atomic E-state index is -0.673. The Hall–Kier alpha value is -1.40. The van der Waals surface area contributed by atoms with Crippen molar-refractivity contribution in [2.24, 2.45) is 0 Å². The van der Waals surface area contributed by atoms with Gasteiger partial charge < -0.3 is 20.3 Å². The van der Waals surface area contributed by atoms with Crippen LogP contribution in [0.5, 0.6) is 0 Å². The summed E-state index contributed by atoms with van der Waals surface area (Å²) in [4.78, 5) is 24.6. The summed E-state index contributed by atoms with van der Waals surface area (Å²) in [6.45, 7) is 4.96. The zero-order valence-corrected chi connectivity index (χ0v) is 48.9. The summed E-state index contributed by atoms with van der Waals surface area (Å²) in [5.41, 5.74) is 0. The van der Waals surface area contributed by atoms with E-state index in [9.17, 15) is 19.8 Å². The van der Waals surface area contributed by atoms with Crippen molar-refractivity contribution in [2.45, 2.75) is 386 Å². The van der Waals surface area contributed by atoms with Crippen molar-refractivity contribution < 1.29 is 24.5 Å². The van der Waals surface area contributed by atoms with Crippen molar-refractivity contribution in [1.29, 1.82) is 0 Å². The van der Waals surface area contributed by atoms with Crippen molar-refractivity contribution in [1.82, 2.24) is 5.32 Å². The summed E-state index contributed by atoms with van der Waals surface area (Å²) < 4.78 is 5.48. The highest BCUT2D eigenvalue weighted by atomic mass is 16.5. The number of aliphatic hydroxyl groups is 2. The Balaban J connectivity index is 3.42. The number of unbranched alkanes of at least 4 members (excludes halogenated alkanes) is 49. The first kappa shape index (κ1) is 70.6. The molecule has 0 aromatic heterocycles. The number of rotatable bonds is 62. The predicted octanol–water partition coefficient (Wildman–Crippen LogP) is 20.8. The minimum Gasteiger partial charge on any atom is -0.466 e. The van der Waals surface area contributed by atoms with Crippen molar-refractivity contribution in [2.75, 3.05) is 13.2 Å². The molecule has 2 atom stereocenters. The normalized spacial score (nSPS) is 12.6. The van der Waals surface area contributed by atoms with E-state index in [2.05, 4.69) is 31.3 Å². The monoisotopic (exact) mass is 1020 g/mol. The fourth-order valence-electron chi connectivity index (χ4n) is 10.5. The van der Waals surface area contributed by atoms with Gasteiger partial charge in [0.15, 0.2) is 0 Å². The smallest absolute Gasteiger partial charge is 0.305 e. The van der Waals surface area contributed by atoms with Gasteiger partial charge in [-0.15, -0.1) is 0 Å². The van der Waals surface area contributed by atoms with Crippen molar-refractivity contribution in [3.05, 3.63) is 12.2 Å². The van der Waals surface area contributed by atoms with Gasteiger partial charge in [-0.05, 0) is 51.4 Å². The van der Waals surface area contributed by atoms with Crippen LogP contribution in [0.2, 0.25) is 0 Å². The summed E-state index contributed by atoms with van der Waals surface area (Å²) in [7, 11) is 0. The third-order valence-corrected chi connectivity index (χ3v) is 15.6. The number of aliphatic hydroxyl groups excluding tert-OH is 2. The van der Waals surface area contributed by atoms with E-state index in [1.54, 1.807) is 0 Å². The molecular weight excluding hydrogens is 887 g/mol. The van der Waals surface area contributed by atoms with Crippen LogP contribution >= 0.6 is 0 Å². The Kier molecular flexibility index (Phi) is 60.9. The molecule has 0 bridgehead atoms. The Morgan fingerprint density at radius 1 is 0.375 bits per heavy atom. The van der Waals surface area contributed by atoms with Gasteiger partial charge in [-0.3, -0.25) is 9.59 Å². The molecule has 0 saturated carbocycles. The van der Waals surface area contributed by atoms with Gasteiger partial charge in [-0.1, -0.05) is 321 Å². The second-order valence-electron chi connectivity index (χ2n) is 22.8. The molecule has 0 rings (SSSR count). The Morgan fingerprint density at radius 3 is 0.986 bits per heavy atom. The van der Waals surface area contributed by atoms with E-state index in [4.69, 9.17) is 4.74 Å². The van der Waals surface area contributed by atoms with Gasteiger partial charge >= 0.3 is 5.97 Å². The fraction of sp³-hybridized carbons (Fsp3) is 0.939. The number of carbonyl (C=O) groups is 2. The maximum Gasteiger partial charge on any atom is 0.305 e. The Bertz CT molecular complexity index is 1080. The molecular formula is C66H129NO5. The zero-order valence-electron chi connectivity index (χ0n) is 48.9. The van der Waals surface area contributed by atoms with Gasteiger partial charge in [-0.25, -0.2) is 0 Å². The lowest BCUT2D eigenvalue weighted by Crippen LogP contribution is -2.45. The second kappa shape index (κ2) is 62.1. The number of esters is 1. The molecule has 0 aliphatic carbocycles. The highest BCUT2D eigenvalue weighted by molar-refractivity contribution is 5.76. The summed E-state index contributed by atoms with van der Waals surface area (Å²) in [6, 6.07) is -0.551. The van der Waals surface area contributed by atoms with E-state index in [1.165, 1.54) is 289 Å². The summed E-state index contributed by atoms with van der Waals surface area (Å²) in [5, 5.41) is 23.4. The Morgan fingerprint density at radius 2 is 0.653 bits per heavy atom. The molecule has 72 heavy (non-hydrogen) atoms. The lowest BCUT2D eigenvalue weighted by molar-refractivity contribution is -0.143. The van der Waals surface area contributed by atoms with Crippen LogP contribution in [-0.2, 0) is 14.3 Å². The number of ether oxygens (including phenoxy) is 1. The molecule has 0 aromatic rings. The van der Waals surface area contributed by atoms with E-state index >= 15 is 0 Å². The van der Waals surface area contributed by atoms with Crippen LogP contribution < -0.4 is 5.32 Å². The molecule has 0 aliphatic heterocycles. The maximum absolute atomic E-state index is 12.5. The molecule has 2 unspecified atom stereocenters. The van der Waals surface area contributed by atoms with E-state index in [0.717, 1.165) is 51.4 Å². The number of hydrogen-bond acceptors (Lipinski definition) is 5. The highest BCUT2D eigenvalue weighted by Crippen LogP contribution is 2.19. The first-order chi connectivity index (χ1) is 35.5. The van der Waals surface area contributed by atoms with E-state index in [-0.39, 0.29) is 18.5 Å². The van der Waals surface area contributed by atoms with Crippen LogP contribution in [0.4, 0.5) is 0 Å². The van der Waals surface area contributed by atoms with Crippen molar-refractivity contribution >= 4 is 11.9 Å². The quantitative estimate of drug-likeness (QED) is 0.0320.